The van der Waals surface area contributed by atoms with Crippen LogP contribution < -0.4 is 4.90 Å². The van der Waals surface area contributed by atoms with Crippen LogP contribution in [-0.4, -0.2) is 12.5 Å². The molecule has 1 unspecified atom stereocenters. The van der Waals surface area contributed by atoms with Gasteiger partial charge in [-0.15, -0.1) is 12.3 Å². The highest BCUT2D eigenvalue weighted by atomic mass is 16.2. The van der Waals surface area contributed by atoms with E-state index in [-0.39, 0.29) is 11.8 Å². The third-order valence-corrected chi connectivity index (χ3v) is 3.88. The Morgan fingerprint density at radius 1 is 1.10 bits per heavy atom. The van der Waals surface area contributed by atoms with Crippen molar-refractivity contribution < 1.29 is 4.79 Å². The second-order valence-corrected chi connectivity index (χ2v) is 5.36. The number of para-hydroxylation sites is 1. The number of nitrogens with zero attached hydrogens (tertiary/aromatic N) is 1. The second kappa shape index (κ2) is 5.85. The summed E-state index contributed by atoms with van der Waals surface area (Å²) in [5.74, 6) is 2.85. The number of benzene rings is 2. The van der Waals surface area contributed by atoms with E-state index in [4.69, 9.17) is 6.42 Å². The first-order chi connectivity index (χ1) is 10.3. The Morgan fingerprint density at radius 2 is 1.81 bits per heavy atom. The lowest BCUT2D eigenvalue weighted by molar-refractivity contribution is -0.117. The van der Waals surface area contributed by atoms with Gasteiger partial charge < -0.3 is 4.90 Å². The molecule has 21 heavy (non-hydrogen) atoms. The van der Waals surface area contributed by atoms with Gasteiger partial charge >= 0.3 is 0 Å². The fraction of sp³-hybridized carbons (Fsp3) is 0.211. The van der Waals surface area contributed by atoms with Crippen LogP contribution in [0.2, 0.25) is 0 Å². The topological polar surface area (TPSA) is 20.3 Å². The van der Waals surface area contributed by atoms with E-state index in [0.717, 1.165) is 17.7 Å². The first-order valence-electron chi connectivity index (χ1n) is 7.16. The van der Waals surface area contributed by atoms with Crippen molar-refractivity contribution in [2.45, 2.75) is 12.8 Å². The van der Waals surface area contributed by atoms with Gasteiger partial charge in [-0.3, -0.25) is 4.79 Å². The molecule has 1 fully saturated rings. The SMILES string of the molecule is C#CC1CC(=O)N(c2ccccc2Cc2ccccc2)C1. The van der Waals surface area contributed by atoms with Gasteiger partial charge in [0.2, 0.25) is 5.91 Å². The van der Waals surface area contributed by atoms with Crippen molar-refractivity contribution in [3.63, 3.8) is 0 Å². The molecule has 2 heteroatoms. The normalized spacial score (nSPS) is 17.8. The zero-order chi connectivity index (χ0) is 14.7. The van der Waals surface area contributed by atoms with Crippen LogP contribution in [-0.2, 0) is 11.2 Å². The molecule has 1 heterocycles. The standard InChI is InChI=1S/C19H17NO/c1-2-15-13-19(21)20(14-15)18-11-7-6-10-17(18)12-16-8-4-3-5-9-16/h1,3-11,15H,12-14H2. The number of hydrogen-bond acceptors (Lipinski definition) is 1. The Bertz CT molecular complexity index is 684. The molecule has 3 rings (SSSR count). The Labute approximate surface area is 125 Å². The molecular weight excluding hydrogens is 258 g/mol. The summed E-state index contributed by atoms with van der Waals surface area (Å²) in [4.78, 5) is 14.0. The van der Waals surface area contributed by atoms with Crippen molar-refractivity contribution in [1.29, 1.82) is 0 Å². The molecule has 0 spiro atoms. The minimum Gasteiger partial charge on any atom is -0.311 e. The van der Waals surface area contributed by atoms with Crippen molar-refractivity contribution in [2.24, 2.45) is 5.92 Å². The molecule has 1 aliphatic heterocycles. The molecule has 0 bridgehead atoms. The Balaban J connectivity index is 1.90. The van der Waals surface area contributed by atoms with Crippen LogP contribution in [0.3, 0.4) is 0 Å². The highest BCUT2D eigenvalue weighted by molar-refractivity contribution is 5.96. The van der Waals surface area contributed by atoms with Crippen LogP contribution in [0.4, 0.5) is 5.69 Å². The molecule has 0 radical (unpaired) electrons. The van der Waals surface area contributed by atoms with Crippen molar-refractivity contribution in [1.82, 2.24) is 0 Å². The van der Waals surface area contributed by atoms with Crippen LogP contribution in [0.25, 0.3) is 0 Å². The van der Waals surface area contributed by atoms with Gasteiger partial charge in [0.1, 0.15) is 0 Å². The molecule has 104 valence electrons. The third-order valence-electron chi connectivity index (χ3n) is 3.88. The van der Waals surface area contributed by atoms with E-state index >= 15 is 0 Å². The first-order valence-corrected chi connectivity index (χ1v) is 7.16. The predicted molar refractivity (Wildman–Crippen MR) is 85.0 cm³/mol. The maximum absolute atomic E-state index is 12.2. The summed E-state index contributed by atoms with van der Waals surface area (Å²) in [5, 5.41) is 0. The van der Waals surface area contributed by atoms with E-state index in [1.54, 1.807) is 0 Å². The molecule has 1 atom stereocenters. The zero-order valence-corrected chi connectivity index (χ0v) is 11.8. The quantitative estimate of drug-likeness (QED) is 0.787. The maximum atomic E-state index is 12.2. The van der Waals surface area contributed by atoms with Crippen LogP contribution in [0.5, 0.6) is 0 Å². The average molecular weight is 275 g/mol. The number of carbonyl (C=O) groups excluding carboxylic acids is 1. The predicted octanol–water partition coefficient (Wildman–Crippen LogP) is 3.26. The number of hydrogen-bond donors (Lipinski definition) is 0. The number of anilines is 1. The molecular formula is C19H17NO. The van der Waals surface area contributed by atoms with Gasteiger partial charge in [0, 0.05) is 24.6 Å². The lowest BCUT2D eigenvalue weighted by Crippen LogP contribution is -2.25. The van der Waals surface area contributed by atoms with E-state index in [0.29, 0.717) is 13.0 Å². The Hall–Kier alpha value is -2.53. The summed E-state index contributed by atoms with van der Waals surface area (Å²) < 4.78 is 0. The van der Waals surface area contributed by atoms with E-state index in [1.165, 1.54) is 5.56 Å². The molecule has 2 aromatic rings. The van der Waals surface area contributed by atoms with E-state index in [2.05, 4.69) is 24.1 Å². The van der Waals surface area contributed by atoms with Gasteiger partial charge in [-0.1, -0.05) is 48.5 Å². The van der Waals surface area contributed by atoms with Crippen molar-refractivity contribution >= 4 is 11.6 Å². The van der Waals surface area contributed by atoms with E-state index in [9.17, 15) is 4.79 Å². The Morgan fingerprint density at radius 3 is 2.52 bits per heavy atom. The van der Waals surface area contributed by atoms with Gasteiger partial charge in [-0.2, -0.15) is 0 Å². The minimum absolute atomic E-state index is 0.0299. The number of amides is 1. The summed E-state index contributed by atoms with van der Waals surface area (Å²) >= 11 is 0. The van der Waals surface area contributed by atoms with E-state index in [1.807, 2.05) is 41.3 Å². The molecule has 2 aromatic carbocycles. The molecule has 1 saturated heterocycles. The van der Waals surface area contributed by atoms with Crippen LogP contribution in [0.15, 0.2) is 54.6 Å². The monoisotopic (exact) mass is 275 g/mol. The van der Waals surface area contributed by atoms with E-state index < -0.39 is 0 Å². The molecule has 1 amide bonds. The molecule has 0 aromatic heterocycles. The Kier molecular flexibility index (Phi) is 3.75. The lowest BCUT2D eigenvalue weighted by atomic mass is 10.0. The fourth-order valence-corrected chi connectivity index (χ4v) is 2.79. The van der Waals surface area contributed by atoms with Crippen LogP contribution in [0, 0.1) is 18.3 Å². The molecule has 1 aliphatic rings. The van der Waals surface area contributed by atoms with Gasteiger partial charge in [0.15, 0.2) is 0 Å². The van der Waals surface area contributed by atoms with Gasteiger partial charge in [-0.25, -0.2) is 0 Å². The summed E-state index contributed by atoms with van der Waals surface area (Å²) in [6.07, 6.45) is 6.74. The fourth-order valence-electron chi connectivity index (χ4n) is 2.79. The van der Waals surface area contributed by atoms with Gasteiger partial charge in [-0.05, 0) is 23.6 Å². The maximum Gasteiger partial charge on any atom is 0.228 e. The highest BCUT2D eigenvalue weighted by Gasteiger charge is 2.30. The lowest BCUT2D eigenvalue weighted by Gasteiger charge is -2.20. The molecule has 0 N–H and O–H groups in total. The van der Waals surface area contributed by atoms with Crippen molar-refractivity contribution in [3.05, 3.63) is 65.7 Å². The third kappa shape index (κ3) is 2.83. The highest BCUT2D eigenvalue weighted by Crippen LogP contribution is 2.29. The number of rotatable bonds is 3. The van der Waals surface area contributed by atoms with Gasteiger partial charge in [0.25, 0.3) is 0 Å². The minimum atomic E-state index is 0.0299. The summed E-state index contributed by atoms with van der Waals surface area (Å²) in [5.41, 5.74) is 3.39. The first kappa shape index (κ1) is 13.5. The number of terminal acetylenes is 1. The number of carbonyl (C=O) groups is 1. The van der Waals surface area contributed by atoms with Crippen LogP contribution >= 0.6 is 0 Å². The molecule has 0 aliphatic carbocycles. The van der Waals surface area contributed by atoms with Crippen LogP contribution in [0.1, 0.15) is 17.5 Å². The summed E-state index contributed by atoms with van der Waals surface area (Å²) in [7, 11) is 0. The molecule has 0 saturated carbocycles. The molecule has 2 nitrogen and oxygen atoms in total. The average Bonchev–Trinajstić information content (AvgIpc) is 2.90. The largest absolute Gasteiger partial charge is 0.311 e. The second-order valence-electron chi connectivity index (χ2n) is 5.36. The van der Waals surface area contributed by atoms with Crippen molar-refractivity contribution in [3.8, 4) is 12.3 Å². The summed E-state index contributed by atoms with van der Waals surface area (Å²) in [6, 6.07) is 18.4. The smallest absolute Gasteiger partial charge is 0.228 e. The summed E-state index contributed by atoms with van der Waals surface area (Å²) in [6.45, 7) is 0.626. The van der Waals surface area contributed by atoms with Crippen molar-refractivity contribution in [2.75, 3.05) is 11.4 Å². The van der Waals surface area contributed by atoms with Gasteiger partial charge in [0.05, 0.1) is 0 Å². The zero-order valence-electron chi connectivity index (χ0n) is 11.8.